The van der Waals surface area contributed by atoms with E-state index >= 15 is 0 Å². The molecule has 0 aliphatic heterocycles. The molecule has 0 amide bonds. The fourth-order valence-corrected chi connectivity index (χ4v) is 0.250. The van der Waals surface area contributed by atoms with Crippen LogP contribution in [0.15, 0.2) is 0 Å². The van der Waals surface area contributed by atoms with Gasteiger partial charge in [0.05, 0.1) is 0 Å². The Labute approximate surface area is 77.9 Å². The van der Waals surface area contributed by atoms with Crippen molar-refractivity contribution in [3.8, 4) is 0 Å². The van der Waals surface area contributed by atoms with Crippen molar-refractivity contribution in [2.24, 2.45) is 0 Å². The molecule has 0 aromatic carbocycles. The molecule has 0 atom stereocenters. The molecule has 9 heavy (non-hydrogen) atoms. The van der Waals surface area contributed by atoms with Gasteiger partial charge >= 0.3 is 33.3 Å². The van der Waals surface area contributed by atoms with Crippen molar-refractivity contribution in [1.82, 2.24) is 5.32 Å². The van der Waals surface area contributed by atoms with Gasteiger partial charge in [-0.15, -0.1) is 12.4 Å². The standard InChI is InChI=1S/C4H11N.3ClH.Cu/c1-3-5-4-2;;;;/h5H,3-4H2,1-2H3;3*1H;/q;;;;+2/p-2. The van der Waals surface area contributed by atoms with Crippen molar-refractivity contribution in [2.45, 2.75) is 13.8 Å². The van der Waals surface area contributed by atoms with E-state index in [0.29, 0.717) is 0 Å². The number of hydrogen-bond donors (Lipinski definition) is 1. The molecule has 0 aromatic heterocycles. The fraction of sp³-hybridized carbons (Fsp3) is 1.00. The van der Waals surface area contributed by atoms with Gasteiger partial charge < -0.3 is 5.32 Å². The van der Waals surface area contributed by atoms with Crippen LogP contribution in [0.3, 0.4) is 0 Å². The van der Waals surface area contributed by atoms with Crippen molar-refractivity contribution >= 4 is 32.6 Å². The van der Waals surface area contributed by atoms with Crippen LogP contribution in [0.5, 0.6) is 0 Å². The first-order valence-corrected chi connectivity index (χ1v) is 4.94. The molecule has 0 rings (SSSR count). The van der Waals surface area contributed by atoms with Gasteiger partial charge in [-0.3, -0.25) is 0 Å². The third-order valence-corrected chi connectivity index (χ3v) is 0.500. The number of rotatable bonds is 2. The molecule has 0 saturated heterocycles. The Hall–Kier alpha value is 1.35. The normalized spacial score (nSPS) is 7.11. The zero-order valence-electron chi connectivity index (χ0n) is 5.38. The summed E-state index contributed by atoms with van der Waals surface area (Å²) in [4.78, 5) is 0. The van der Waals surface area contributed by atoms with Crippen LogP contribution >= 0.6 is 32.6 Å². The summed E-state index contributed by atoms with van der Waals surface area (Å²) in [7, 11) is 9.34. The van der Waals surface area contributed by atoms with E-state index in [-0.39, 0.29) is 12.4 Å². The van der Waals surface area contributed by atoms with Gasteiger partial charge in [-0.2, -0.15) is 0 Å². The predicted molar refractivity (Wildman–Crippen MR) is 43.2 cm³/mol. The quantitative estimate of drug-likeness (QED) is 0.735. The topological polar surface area (TPSA) is 12.0 Å². The SMILES string of the molecule is CCNCC.Cl.[Cl][Cu][Cl]. The molecule has 0 bridgehead atoms. The first kappa shape index (κ1) is 16.7. The maximum absolute atomic E-state index is 4.67. The molecule has 0 unspecified atom stereocenters. The minimum absolute atomic E-state index is 0. The Morgan fingerprint density at radius 2 is 1.44 bits per heavy atom. The molecule has 0 aromatic rings. The zero-order valence-corrected chi connectivity index (χ0v) is 8.65. The maximum atomic E-state index is 4.67. The molecule has 0 spiro atoms. The van der Waals surface area contributed by atoms with Crippen LogP contribution in [0.4, 0.5) is 0 Å². The van der Waals surface area contributed by atoms with Crippen LogP contribution in [0.25, 0.3) is 0 Å². The van der Waals surface area contributed by atoms with Gasteiger partial charge in [0.1, 0.15) is 0 Å². The van der Waals surface area contributed by atoms with Gasteiger partial charge in [-0.25, -0.2) is 0 Å². The first-order chi connectivity index (χ1) is 3.83. The molecular weight excluding hydrogens is 232 g/mol. The molecule has 0 heterocycles. The molecule has 1 nitrogen and oxygen atoms in total. The second kappa shape index (κ2) is 22.8. The molecule has 0 fully saturated rings. The van der Waals surface area contributed by atoms with E-state index in [1.54, 1.807) is 0 Å². The Kier molecular flexibility index (Phi) is 42.4. The summed E-state index contributed by atoms with van der Waals surface area (Å²) < 4.78 is 0. The fourth-order valence-electron chi connectivity index (χ4n) is 0.250. The molecule has 5 heteroatoms. The van der Waals surface area contributed by atoms with Crippen LogP contribution in [0.2, 0.25) is 0 Å². The van der Waals surface area contributed by atoms with Gasteiger partial charge in [0.25, 0.3) is 0 Å². The summed E-state index contributed by atoms with van der Waals surface area (Å²) in [6.07, 6.45) is 0. The monoisotopic (exact) mass is 242 g/mol. The summed E-state index contributed by atoms with van der Waals surface area (Å²) >= 11 is 0.757. The molecule has 0 aliphatic carbocycles. The number of halogens is 3. The average molecular weight is 244 g/mol. The Bertz CT molecular complexity index is 29.8. The van der Waals surface area contributed by atoms with Crippen LogP contribution < -0.4 is 5.32 Å². The van der Waals surface area contributed by atoms with E-state index in [1.807, 2.05) is 0 Å². The van der Waals surface area contributed by atoms with E-state index in [9.17, 15) is 0 Å². The second-order valence-electron chi connectivity index (χ2n) is 1.00. The first-order valence-electron chi connectivity index (χ1n) is 2.35. The number of hydrogen-bond acceptors (Lipinski definition) is 1. The molecule has 65 valence electrons. The number of nitrogens with one attached hydrogen (secondary N) is 1. The summed E-state index contributed by atoms with van der Waals surface area (Å²) in [5.41, 5.74) is 0. The summed E-state index contributed by atoms with van der Waals surface area (Å²) in [5, 5.41) is 3.11. The molecule has 0 saturated carbocycles. The second-order valence-corrected chi connectivity index (χ2v) is 2.56. The van der Waals surface area contributed by atoms with E-state index in [1.165, 1.54) is 0 Å². The molecule has 1 N–H and O–H groups in total. The van der Waals surface area contributed by atoms with Crippen LogP contribution in [0, 0.1) is 0 Å². The summed E-state index contributed by atoms with van der Waals surface area (Å²) in [6.45, 7) is 6.39. The predicted octanol–water partition coefficient (Wildman–Crippen LogP) is 2.41. The van der Waals surface area contributed by atoms with Crippen molar-refractivity contribution in [3.63, 3.8) is 0 Å². The van der Waals surface area contributed by atoms with E-state index < -0.39 is 0 Å². The summed E-state index contributed by atoms with van der Waals surface area (Å²) in [6, 6.07) is 0. The van der Waals surface area contributed by atoms with Crippen molar-refractivity contribution < 1.29 is 13.1 Å². The third-order valence-electron chi connectivity index (χ3n) is 0.500. The van der Waals surface area contributed by atoms with Crippen LogP contribution in [-0.4, -0.2) is 13.1 Å². The molecule has 0 radical (unpaired) electrons. The van der Waals surface area contributed by atoms with Crippen molar-refractivity contribution in [3.05, 3.63) is 0 Å². The Morgan fingerprint density at radius 1 is 1.22 bits per heavy atom. The van der Waals surface area contributed by atoms with Gasteiger partial charge in [0.2, 0.25) is 0 Å². The van der Waals surface area contributed by atoms with Crippen molar-refractivity contribution in [1.29, 1.82) is 0 Å². The van der Waals surface area contributed by atoms with Gasteiger partial charge in [-0.05, 0) is 13.1 Å². The van der Waals surface area contributed by atoms with Crippen molar-refractivity contribution in [2.75, 3.05) is 13.1 Å². The third kappa shape index (κ3) is 45.0. The van der Waals surface area contributed by atoms with Gasteiger partial charge in [-0.1, -0.05) is 13.8 Å². The van der Waals surface area contributed by atoms with E-state index in [2.05, 4.69) is 39.4 Å². The zero-order chi connectivity index (χ0) is 6.83. The molecule has 0 aliphatic rings. The summed E-state index contributed by atoms with van der Waals surface area (Å²) in [5.74, 6) is 0. The minimum atomic E-state index is 0. The molecular formula is C4H12Cl3CuN. The average Bonchev–Trinajstić information content (AvgIpc) is 1.71. The Morgan fingerprint density at radius 3 is 1.44 bits per heavy atom. The van der Waals surface area contributed by atoms with Gasteiger partial charge in [0.15, 0.2) is 0 Å². The Balaban J connectivity index is -0.0000000800. The van der Waals surface area contributed by atoms with E-state index in [0.717, 1.165) is 26.2 Å². The van der Waals surface area contributed by atoms with Crippen LogP contribution in [0.1, 0.15) is 13.8 Å². The van der Waals surface area contributed by atoms with Gasteiger partial charge in [0, 0.05) is 0 Å². The van der Waals surface area contributed by atoms with Crippen LogP contribution in [-0.2, 0) is 13.1 Å². The van der Waals surface area contributed by atoms with E-state index in [4.69, 9.17) is 0 Å².